The lowest BCUT2D eigenvalue weighted by molar-refractivity contribution is -0.147. The lowest BCUT2D eigenvalue weighted by atomic mass is 9.74. The fourth-order valence-corrected chi connectivity index (χ4v) is 4.75. The molecule has 3 rings (SSSR count). The minimum atomic E-state index is -1.34. The molecule has 1 aromatic rings. The molecule has 148 valence electrons. The molecule has 0 saturated carbocycles. The summed E-state index contributed by atoms with van der Waals surface area (Å²) in [7, 11) is -1.34. The molecule has 1 aliphatic carbocycles. The molecule has 7 nitrogen and oxygen atoms in total. The standard InChI is InChI=1S/C19H30BN3O4/c21-19(18(24)25,8-1-2-9-20(26)27)15-6-11-23(12-7-15)17-4-3-14-5-10-22-13-16(14)17/h5,10,13,15,17,26-27H,1-4,6-9,11-12,21H2,(H,24,25). The van der Waals surface area contributed by atoms with Crippen LogP contribution in [-0.2, 0) is 11.2 Å². The summed E-state index contributed by atoms with van der Waals surface area (Å²) >= 11 is 0. The zero-order valence-corrected chi connectivity index (χ0v) is 15.8. The van der Waals surface area contributed by atoms with Gasteiger partial charge in [-0.05, 0) is 74.6 Å². The number of carboxylic acids is 1. The lowest BCUT2D eigenvalue weighted by Gasteiger charge is -2.42. The maximum atomic E-state index is 11.9. The maximum Gasteiger partial charge on any atom is 0.451 e. The Morgan fingerprint density at radius 2 is 2.04 bits per heavy atom. The molecular formula is C19H30BN3O4. The van der Waals surface area contributed by atoms with Gasteiger partial charge in [-0.3, -0.25) is 14.7 Å². The van der Waals surface area contributed by atoms with E-state index in [4.69, 9.17) is 15.8 Å². The van der Waals surface area contributed by atoms with Crippen molar-refractivity contribution in [2.24, 2.45) is 11.7 Å². The first-order chi connectivity index (χ1) is 12.9. The van der Waals surface area contributed by atoms with E-state index in [0.717, 1.165) is 38.8 Å². The van der Waals surface area contributed by atoms with Gasteiger partial charge in [-0.1, -0.05) is 12.8 Å². The number of hydrogen-bond donors (Lipinski definition) is 4. The number of pyridine rings is 1. The van der Waals surface area contributed by atoms with Crippen LogP contribution < -0.4 is 5.73 Å². The van der Waals surface area contributed by atoms with Crippen LogP contribution >= 0.6 is 0 Å². The second-order valence-corrected chi connectivity index (χ2v) is 8.01. The number of nitrogens with two attached hydrogens (primary N) is 1. The smallest absolute Gasteiger partial charge is 0.451 e. The van der Waals surface area contributed by atoms with Crippen molar-refractivity contribution in [3.8, 4) is 0 Å². The lowest BCUT2D eigenvalue weighted by Crippen LogP contribution is -2.57. The van der Waals surface area contributed by atoms with Crippen LogP contribution in [0.4, 0.5) is 0 Å². The van der Waals surface area contributed by atoms with Gasteiger partial charge in [-0.2, -0.15) is 0 Å². The molecule has 0 aromatic carbocycles. The van der Waals surface area contributed by atoms with E-state index in [2.05, 4.69) is 16.0 Å². The zero-order valence-electron chi connectivity index (χ0n) is 15.8. The molecule has 5 N–H and O–H groups in total. The first-order valence-corrected chi connectivity index (χ1v) is 9.97. The van der Waals surface area contributed by atoms with Crippen molar-refractivity contribution in [3.05, 3.63) is 29.6 Å². The number of carbonyl (C=O) groups is 1. The van der Waals surface area contributed by atoms with Crippen LogP contribution in [0.1, 0.15) is 55.7 Å². The molecule has 2 heterocycles. The molecule has 1 aliphatic heterocycles. The Morgan fingerprint density at radius 3 is 2.70 bits per heavy atom. The van der Waals surface area contributed by atoms with Gasteiger partial charge in [0.1, 0.15) is 5.54 Å². The van der Waals surface area contributed by atoms with Gasteiger partial charge in [0.2, 0.25) is 0 Å². The molecule has 27 heavy (non-hydrogen) atoms. The molecule has 1 saturated heterocycles. The van der Waals surface area contributed by atoms with Gasteiger partial charge in [0.15, 0.2) is 0 Å². The predicted molar refractivity (Wildman–Crippen MR) is 103 cm³/mol. The summed E-state index contributed by atoms with van der Waals surface area (Å²) < 4.78 is 0. The number of hydrogen-bond acceptors (Lipinski definition) is 6. The number of carboxylic acid groups (broad SMARTS) is 1. The summed E-state index contributed by atoms with van der Waals surface area (Å²) in [6.07, 6.45) is 9.32. The molecule has 2 unspecified atom stereocenters. The number of nitrogens with zero attached hydrogens (tertiary/aromatic N) is 2. The van der Waals surface area contributed by atoms with Crippen LogP contribution in [0.3, 0.4) is 0 Å². The third-order valence-electron chi connectivity index (χ3n) is 6.39. The van der Waals surface area contributed by atoms with Gasteiger partial charge < -0.3 is 20.9 Å². The van der Waals surface area contributed by atoms with Crippen molar-refractivity contribution in [1.82, 2.24) is 9.88 Å². The predicted octanol–water partition coefficient (Wildman–Crippen LogP) is 1.21. The number of piperidine rings is 1. The van der Waals surface area contributed by atoms with E-state index in [0.29, 0.717) is 25.3 Å². The monoisotopic (exact) mass is 375 g/mol. The Labute approximate surface area is 160 Å². The van der Waals surface area contributed by atoms with E-state index in [-0.39, 0.29) is 12.2 Å². The summed E-state index contributed by atoms with van der Waals surface area (Å²) in [5.41, 5.74) is 7.81. The van der Waals surface area contributed by atoms with E-state index in [9.17, 15) is 9.90 Å². The SMILES string of the molecule is NC(CCCCB(O)O)(C(=O)O)C1CCN(C2CCc3ccncc32)CC1. The quantitative estimate of drug-likeness (QED) is 0.398. The third-order valence-corrected chi connectivity index (χ3v) is 6.39. The Hall–Kier alpha value is -1.48. The molecule has 2 atom stereocenters. The van der Waals surface area contributed by atoms with Gasteiger partial charge in [0.25, 0.3) is 0 Å². The molecule has 0 bridgehead atoms. The van der Waals surface area contributed by atoms with Crippen molar-refractivity contribution >= 4 is 13.1 Å². The van der Waals surface area contributed by atoms with Gasteiger partial charge in [0, 0.05) is 18.4 Å². The summed E-state index contributed by atoms with van der Waals surface area (Å²) in [6.45, 7) is 1.70. The Morgan fingerprint density at radius 1 is 1.30 bits per heavy atom. The van der Waals surface area contributed by atoms with Gasteiger partial charge in [-0.25, -0.2) is 0 Å². The minimum absolute atomic E-state index is 0.0555. The number of aliphatic carboxylic acids is 1. The van der Waals surface area contributed by atoms with Crippen LogP contribution in [0, 0.1) is 5.92 Å². The number of aryl methyl sites for hydroxylation is 1. The second-order valence-electron chi connectivity index (χ2n) is 8.01. The highest BCUT2D eigenvalue weighted by atomic mass is 16.4. The second kappa shape index (κ2) is 8.69. The number of unbranched alkanes of at least 4 members (excludes halogenated alkanes) is 1. The average molecular weight is 375 g/mol. The molecule has 1 aromatic heterocycles. The fraction of sp³-hybridized carbons (Fsp3) is 0.684. The number of rotatable bonds is 8. The van der Waals surface area contributed by atoms with Gasteiger partial charge >= 0.3 is 13.1 Å². The van der Waals surface area contributed by atoms with Crippen LogP contribution in [0.15, 0.2) is 18.5 Å². The largest absolute Gasteiger partial charge is 0.480 e. The third kappa shape index (κ3) is 4.51. The Balaban J connectivity index is 1.57. The first-order valence-electron chi connectivity index (χ1n) is 9.97. The Bertz CT molecular complexity index is 652. The number of aromatic nitrogens is 1. The molecule has 0 radical (unpaired) electrons. The van der Waals surface area contributed by atoms with Crippen LogP contribution in [0.5, 0.6) is 0 Å². The van der Waals surface area contributed by atoms with Crippen LogP contribution in [0.2, 0.25) is 6.32 Å². The van der Waals surface area contributed by atoms with Crippen molar-refractivity contribution in [1.29, 1.82) is 0 Å². The first kappa shape index (κ1) is 20.3. The van der Waals surface area contributed by atoms with Gasteiger partial charge in [0.05, 0.1) is 0 Å². The molecule has 0 spiro atoms. The number of likely N-dealkylation sites (tertiary alicyclic amines) is 1. The molecule has 2 aliphatic rings. The van der Waals surface area contributed by atoms with E-state index in [1.165, 1.54) is 11.1 Å². The van der Waals surface area contributed by atoms with E-state index in [1.807, 2.05) is 12.4 Å². The van der Waals surface area contributed by atoms with E-state index < -0.39 is 18.6 Å². The van der Waals surface area contributed by atoms with Gasteiger partial charge in [-0.15, -0.1) is 0 Å². The summed E-state index contributed by atoms with van der Waals surface area (Å²) in [6, 6.07) is 2.48. The van der Waals surface area contributed by atoms with Crippen molar-refractivity contribution < 1.29 is 19.9 Å². The zero-order chi connectivity index (χ0) is 19.4. The molecule has 0 amide bonds. The highest BCUT2D eigenvalue weighted by Crippen LogP contribution is 2.39. The Kier molecular flexibility index (Phi) is 6.52. The molecule has 1 fully saturated rings. The van der Waals surface area contributed by atoms with Crippen molar-refractivity contribution in [3.63, 3.8) is 0 Å². The molecule has 8 heteroatoms. The number of fused-ring (bicyclic) bond motifs is 1. The molecular weight excluding hydrogens is 345 g/mol. The average Bonchev–Trinajstić information content (AvgIpc) is 3.09. The maximum absolute atomic E-state index is 11.9. The summed E-state index contributed by atoms with van der Waals surface area (Å²) in [5.74, 6) is -0.999. The highest BCUT2D eigenvalue weighted by Gasteiger charge is 2.44. The summed E-state index contributed by atoms with van der Waals surface area (Å²) in [4.78, 5) is 18.6. The van der Waals surface area contributed by atoms with Crippen LogP contribution in [-0.4, -0.2) is 56.8 Å². The van der Waals surface area contributed by atoms with Crippen LogP contribution in [0.25, 0.3) is 0 Å². The van der Waals surface area contributed by atoms with E-state index >= 15 is 0 Å². The van der Waals surface area contributed by atoms with E-state index in [1.54, 1.807) is 0 Å². The minimum Gasteiger partial charge on any atom is -0.480 e. The topological polar surface area (TPSA) is 120 Å². The van der Waals surface area contributed by atoms with Crippen molar-refractivity contribution in [2.45, 2.75) is 62.8 Å². The fourth-order valence-electron chi connectivity index (χ4n) is 4.75. The normalized spacial score (nSPS) is 23.0. The van der Waals surface area contributed by atoms with Crippen molar-refractivity contribution in [2.75, 3.05) is 13.1 Å². The summed E-state index contributed by atoms with van der Waals surface area (Å²) in [5, 5.41) is 27.6. The highest BCUT2D eigenvalue weighted by molar-refractivity contribution is 6.40.